The third-order valence-electron chi connectivity index (χ3n) is 5.77. The molecule has 0 spiro atoms. The quantitative estimate of drug-likeness (QED) is 0.513. The lowest BCUT2D eigenvalue weighted by atomic mass is 10.0. The van der Waals surface area contributed by atoms with Crippen molar-refractivity contribution in [1.29, 1.82) is 0 Å². The Kier molecular flexibility index (Phi) is 7.97. The molecule has 0 bridgehead atoms. The van der Waals surface area contributed by atoms with Gasteiger partial charge in [0.1, 0.15) is 0 Å². The zero-order valence-electron chi connectivity index (χ0n) is 18.4. The number of hydrogen-bond acceptors (Lipinski definition) is 4. The smallest absolute Gasteiger partial charge is 0.189 e. The van der Waals surface area contributed by atoms with Crippen LogP contribution in [0.5, 0.6) is 11.5 Å². The maximum absolute atomic E-state index is 6.12. The van der Waals surface area contributed by atoms with Gasteiger partial charge in [0, 0.05) is 19.1 Å². The summed E-state index contributed by atoms with van der Waals surface area (Å²) in [7, 11) is 3.25. The van der Waals surface area contributed by atoms with E-state index >= 15 is 0 Å². The molecular weight excluding hydrogens is 376 g/mol. The topological polar surface area (TPSA) is 72.1 Å². The number of nitrogens with zero attached hydrogens (tertiary/aromatic N) is 2. The summed E-state index contributed by atoms with van der Waals surface area (Å²) in [5.74, 6) is 1.83. The van der Waals surface area contributed by atoms with E-state index in [9.17, 15) is 0 Å². The molecule has 1 aliphatic rings. The van der Waals surface area contributed by atoms with Crippen LogP contribution in [0.3, 0.4) is 0 Å². The fourth-order valence-corrected chi connectivity index (χ4v) is 3.89. The number of methoxy groups -OCH3 is 2. The Morgan fingerprint density at radius 2 is 1.87 bits per heavy atom. The Bertz CT molecular complexity index is 853. The monoisotopic (exact) mass is 410 g/mol. The van der Waals surface area contributed by atoms with Crippen molar-refractivity contribution in [3.8, 4) is 11.5 Å². The van der Waals surface area contributed by atoms with Gasteiger partial charge in [-0.1, -0.05) is 36.8 Å². The fraction of sp³-hybridized carbons (Fsp3) is 0.458. The third-order valence-corrected chi connectivity index (χ3v) is 5.77. The molecule has 2 aromatic carbocycles. The Labute approximate surface area is 180 Å². The molecule has 2 aromatic rings. The Morgan fingerprint density at radius 1 is 1.10 bits per heavy atom. The van der Waals surface area contributed by atoms with E-state index in [0.717, 1.165) is 12.1 Å². The first kappa shape index (κ1) is 22.0. The van der Waals surface area contributed by atoms with Crippen molar-refractivity contribution < 1.29 is 9.47 Å². The van der Waals surface area contributed by atoms with Crippen molar-refractivity contribution in [2.24, 2.45) is 10.7 Å². The molecule has 0 amide bonds. The fourth-order valence-electron chi connectivity index (χ4n) is 3.89. The van der Waals surface area contributed by atoms with Crippen molar-refractivity contribution in [1.82, 2.24) is 10.2 Å². The van der Waals surface area contributed by atoms with Gasteiger partial charge in [-0.2, -0.15) is 0 Å². The van der Waals surface area contributed by atoms with Crippen LogP contribution in [0.2, 0.25) is 0 Å². The summed E-state index contributed by atoms with van der Waals surface area (Å²) >= 11 is 0. The Hall–Kier alpha value is -2.73. The molecular formula is C24H34N4O2. The minimum atomic E-state index is 0.436. The summed E-state index contributed by atoms with van der Waals surface area (Å²) in [5.41, 5.74) is 9.75. The summed E-state index contributed by atoms with van der Waals surface area (Å²) in [6, 6.07) is 15.0. The first-order valence-corrected chi connectivity index (χ1v) is 10.7. The van der Waals surface area contributed by atoms with Crippen LogP contribution in [0.25, 0.3) is 0 Å². The van der Waals surface area contributed by atoms with Crippen molar-refractivity contribution >= 4 is 5.96 Å². The number of hydrogen-bond donors (Lipinski definition) is 2. The SMILES string of the molecule is COc1ccc(CN=C(N)NCc2ccccc2CN2CCCCC2C)cc1OC. The minimum absolute atomic E-state index is 0.436. The van der Waals surface area contributed by atoms with Gasteiger partial charge in [-0.3, -0.25) is 4.90 Å². The van der Waals surface area contributed by atoms with Gasteiger partial charge in [0.2, 0.25) is 0 Å². The summed E-state index contributed by atoms with van der Waals surface area (Å²) in [6.45, 7) is 5.64. The van der Waals surface area contributed by atoms with Crippen LogP contribution in [-0.4, -0.2) is 37.7 Å². The van der Waals surface area contributed by atoms with E-state index in [2.05, 4.69) is 46.4 Å². The predicted octanol–water partition coefficient (Wildman–Crippen LogP) is 3.68. The Balaban J connectivity index is 1.58. The lowest BCUT2D eigenvalue weighted by Crippen LogP contribution is -2.37. The maximum Gasteiger partial charge on any atom is 0.189 e. The molecule has 0 aromatic heterocycles. The summed E-state index contributed by atoms with van der Waals surface area (Å²) < 4.78 is 10.6. The number of likely N-dealkylation sites (tertiary alicyclic amines) is 1. The maximum atomic E-state index is 6.12. The molecule has 3 rings (SSSR count). The van der Waals surface area contributed by atoms with Crippen molar-refractivity contribution in [2.45, 2.75) is 51.9 Å². The van der Waals surface area contributed by atoms with Crippen LogP contribution >= 0.6 is 0 Å². The lowest BCUT2D eigenvalue weighted by molar-refractivity contribution is 0.152. The second kappa shape index (κ2) is 10.9. The van der Waals surface area contributed by atoms with Gasteiger partial charge in [0.15, 0.2) is 17.5 Å². The number of piperidine rings is 1. The largest absolute Gasteiger partial charge is 0.493 e. The summed E-state index contributed by atoms with van der Waals surface area (Å²) in [5, 5.41) is 3.26. The first-order chi connectivity index (χ1) is 14.6. The van der Waals surface area contributed by atoms with Crippen LogP contribution in [0, 0.1) is 0 Å². The molecule has 0 saturated carbocycles. The minimum Gasteiger partial charge on any atom is -0.493 e. The van der Waals surface area contributed by atoms with Gasteiger partial charge in [0.25, 0.3) is 0 Å². The van der Waals surface area contributed by atoms with E-state index in [1.165, 1.54) is 36.9 Å². The molecule has 1 atom stereocenters. The van der Waals surface area contributed by atoms with Gasteiger partial charge in [-0.05, 0) is 55.1 Å². The number of rotatable bonds is 8. The predicted molar refractivity (Wildman–Crippen MR) is 122 cm³/mol. The molecule has 6 heteroatoms. The number of guanidine groups is 1. The van der Waals surface area contributed by atoms with Crippen molar-refractivity contribution in [3.05, 3.63) is 59.2 Å². The molecule has 0 aliphatic carbocycles. The van der Waals surface area contributed by atoms with Crippen LogP contribution in [0.1, 0.15) is 42.9 Å². The number of ether oxygens (including phenoxy) is 2. The normalized spacial score (nSPS) is 17.6. The number of aliphatic imine (C=N–C) groups is 1. The number of nitrogens with two attached hydrogens (primary N) is 1. The number of nitrogens with one attached hydrogen (secondary N) is 1. The molecule has 1 aliphatic heterocycles. The lowest BCUT2D eigenvalue weighted by Gasteiger charge is -2.33. The van der Waals surface area contributed by atoms with Gasteiger partial charge in [-0.25, -0.2) is 4.99 Å². The molecule has 1 heterocycles. The van der Waals surface area contributed by atoms with E-state index in [0.29, 0.717) is 36.6 Å². The van der Waals surface area contributed by atoms with Gasteiger partial charge >= 0.3 is 0 Å². The molecule has 1 saturated heterocycles. The molecule has 3 N–H and O–H groups in total. The summed E-state index contributed by atoms with van der Waals surface area (Å²) in [4.78, 5) is 7.05. The summed E-state index contributed by atoms with van der Waals surface area (Å²) in [6.07, 6.45) is 3.92. The standard InChI is InChI=1S/C24H34N4O2/c1-18-8-6-7-13-28(18)17-21-10-5-4-9-20(21)16-27-24(25)26-15-19-11-12-22(29-2)23(14-19)30-3/h4-5,9-12,14,18H,6-8,13,15-17H2,1-3H3,(H3,25,26,27). The molecule has 1 unspecified atom stereocenters. The Morgan fingerprint density at radius 3 is 2.60 bits per heavy atom. The van der Waals surface area contributed by atoms with Crippen molar-refractivity contribution in [3.63, 3.8) is 0 Å². The van der Waals surface area contributed by atoms with Crippen LogP contribution in [0.4, 0.5) is 0 Å². The van der Waals surface area contributed by atoms with Crippen molar-refractivity contribution in [2.75, 3.05) is 20.8 Å². The van der Waals surface area contributed by atoms with Gasteiger partial charge in [-0.15, -0.1) is 0 Å². The highest BCUT2D eigenvalue weighted by atomic mass is 16.5. The van der Waals surface area contributed by atoms with E-state index in [1.54, 1.807) is 14.2 Å². The van der Waals surface area contributed by atoms with E-state index < -0.39 is 0 Å². The molecule has 6 nitrogen and oxygen atoms in total. The zero-order valence-corrected chi connectivity index (χ0v) is 18.4. The number of benzene rings is 2. The average Bonchev–Trinajstić information content (AvgIpc) is 2.78. The van der Waals surface area contributed by atoms with E-state index in [-0.39, 0.29) is 0 Å². The highest BCUT2D eigenvalue weighted by Gasteiger charge is 2.19. The second-order valence-corrected chi connectivity index (χ2v) is 7.83. The highest BCUT2D eigenvalue weighted by molar-refractivity contribution is 5.77. The molecule has 30 heavy (non-hydrogen) atoms. The molecule has 1 fully saturated rings. The van der Waals surface area contributed by atoms with Gasteiger partial charge in [0.05, 0.1) is 20.8 Å². The average molecular weight is 411 g/mol. The zero-order chi connectivity index (χ0) is 21.3. The van der Waals surface area contributed by atoms with E-state index in [4.69, 9.17) is 15.2 Å². The van der Waals surface area contributed by atoms with Crippen LogP contribution in [0.15, 0.2) is 47.5 Å². The van der Waals surface area contributed by atoms with E-state index in [1.807, 2.05) is 18.2 Å². The van der Waals surface area contributed by atoms with Crippen LogP contribution < -0.4 is 20.5 Å². The molecule has 0 radical (unpaired) electrons. The highest BCUT2D eigenvalue weighted by Crippen LogP contribution is 2.27. The second-order valence-electron chi connectivity index (χ2n) is 7.83. The van der Waals surface area contributed by atoms with Gasteiger partial charge < -0.3 is 20.5 Å². The van der Waals surface area contributed by atoms with Crippen LogP contribution in [-0.2, 0) is 19.6 Å². The molecule has 162 valence electrons. The first-order valence-electron chi connectivity index (χ1n) is 10.7. The third kappa shape index (κ3) is 5.89.